The highest BCUT2D eigenvalue weighted by molar-refractivity contribution is 7.12. The molecule has 0 bridgehead atoms. The van der Waals surface area contributed by atoms with Crippen LogP contribution in [0.25, 0.3) is 0 Å². The molecule has 30 heavy (non-hydrogen) atoms. The number of rotatable bonds is 5. The molecule has 0 aliphatic carbocycles. The van der Waals surface area contributed by atoms with Gasteiger partial charge in [-0.3, -0.25) is 9.59 Å². The summed E-state index contributed by atoms with van der Waals surface area (Å²) in [6.07, 6.45) is 0.459. The van der Waals surface area contributed by atoms with Crippen LogP contribution in [0.3, 0.4) is 0 Å². The first-order valence-electron chi connectivity index (χ1n) is 10.4. The zero-order valence-corrected chi connectivity index (χ0v) is 19.3. The number of anilines is 1. The van der Waals surface area contributed by atoms with Crippen molar-refractivity contribution in [2.45, 2.75) is 27.2 Å². The Labute approximate surface area is 187 Å². The predicted molar refractivity (Wildman–Crippen MR) is 123 cm³/mol. The van der Waals surface area contributed by atoms with Gasteiger partial charge in [0.25, 0.3) is 5.91 Å². The van der Waals surface area contributed by atoms with Crippen LogP contribution in [0, 0.1) is 32.6 Å². The number of carbonyl (C=O) groups excluding carboxylic acids is 2. The minimum Gasteiger partial charge on any atom is -0.338 e. The number of fused-ring (bicyclic) bond motifs is 1. The van der Waals surface area contributed by atoms with E-state index in [-0.39, 0.29) is 11.8 Å². The van der Waals surface area contributed by atoms with Crippen LogP contribution in [0.4, 0.5) is 5.69 Å². The van der Waals surface area contributed by atoms with Gasteiger partial charge >= 0.3 is 0 Å². The van der Waals surface area contributed by atoms with Crippen LogP contribution < -0.4 is 5.32 Å². The van der Waals surface area contributed by atoms with E-state index in [0.29, 0.717) is 23.3 Å². The highest BCUT2D eigenvalue weighted by atomic mass is 35.5. The minimum absolute atomic E-state index is 0.00656. The Balaban J connectivity index is 1.24. The summed E-state index contributed by atoms with van der Waals surface area (Å²) in [6, 6.07) is 7.59. The van der Waals surface area contributed by atoms with E-state index < -0.39 is 0 Å². The SMILES string of the molecule is Cc1cc(C(=O)N2CC3CN(CCC(=O)Nc4ccc(C)c(Cl)c4)CC3C2)c(C)s1. The number of benzene rings is 1. The average Bonchev–Trinajstić information content (AvgIpc) is 3.35. The van der Waals surface area contributed by atoms with E-state index in [0.717, 1.165) is 54.4 Å². The van der Waals surface area contributed by atoms with Crippen molar-refractivity contribution in [3.8, 4) is 0 Å². The molecule has 2 aromatic rings. The van der Waals surface area contributed by atoms with E-state index in [1.165, 1.54) is 4.88 Å². The Hall–Kier alpha value is -1.89. The van der Waals surface area contributed by atoms with Crippen LogP contribution in [0.15, 0.2) is 24.3 Å². The van der Waals surface area contributed by atoms with Crippen LogP contribution in [0.1, 0.15) is 32.1 Å². The van der Waals surface area contributed by atoms with Crippen LogP contribution in [0.2, 0.25) is 5.02 Å². The lowest BCUT2D eigenvalue weighted by Crippen LogP contribution is -2.34. The maximum absolute atomic E-state index is 12.9. The Morgan fingerprint density at radius 3 is 2.40 bits per heavy atom. The first-order chi connectivity index (χ1) is 14.3. The number of nitrogens with zero attached hydrogens (tertiary/aromatic N) is 2. The van der Waals surface area contributed by atoms with Gasteiger partial charge in [-0.25, -0.2) is 0 Å². The minimum atomic E-state index is 0.00656. The summed E-state index contributed by atoms with van der Waals surface area (Å²) in [5, 5.41) is 3.59. The average molecular weight is 446 g/mol. The molecule has 7 heteroatoms. The molecule has 2 saturated heterocycles. The zero-order chi connectivity index (χ0) is 21.4. The number of likely N-dealkylation sites (tertiary alicyclic amines) is 2. The maximum Gasteiger partial charge on any atom is 0.254 e. The van der Waals surface area contributed by atoms with E-state index in [9.17, 15) is 9.59 Å². The molecule has 4 rings (SSSR count). The molecule has 2 amide bonds. The van der Waals surface area contributed by atoms with E-state index in [1.807, 2.05) is 36.9 Å². The van der Waals surface area contributed by atoms with Gasteiger partial charge in [-0.2, -0.15) is 0 Å². The molecule has 160 valence electrons. The lowest BCUT2D eigenvalue weighted by molar-refractivity contribution is -0.116. The summed E-state index contributed by atoms with van der Waals surface area (Å²) in [6.45, 7) is 10.3. The van der Waals surface area contributed by atoms with Crippen LogP contribution in [-0.2, 0) is 4.79 Å². The third-order valence-electron chi connectivity index (χ3n) is 6.23. The number of nitrogens with one attached hydrogen (secondary N) is 1. The Bertz CT molecular complexity index is 959. The quantitative estimate of drug-likeness (QED) is 0.743. The highest BCUT2D eigenvalue weighted by Gasteiger charge is 2.41. The molecule has 2 atom stereocenters. The third-order valence-corrected chi connectivity index (χ3v) is 7.60. The Kier molecular flexibility index (Phi) is 6.19. The van der Waals surface area contributed by atoms with E-state index in [2.05, 4.69) is 17.1 Å². The fourth-order valence-corrected chi connectivity index (χ4v) is 5.70. The van der Waals surface area contributed by atoms with Crippen molar-refractivity contribution in [3.05, 3.63) is 50.2 Å². The summed E-state index contributed by atoms with van der Waals surface area (Å²) in [7, 11) is 0. The van der Waals surface area contributed by atoms with Crippen molar-refractivity contribution in [2.24, 2.45) is 11.8 Å². The first kappa shape index (κ1) is 21.3. The molecule has 2 fully saturated rings. The molecule has 1 aromatic carbocycles. The third kappa shape index (κ3) is 4.56. The standard InChI is InChI=1S/C23H28ClN3O2S/c1-14-4-5-19(9-21(14)24)25-22(28)6-7-26-10-17-12-27(13-18(17)11-26)23(29)20-8-15(2)30-16(20)3/h4-5,8-9,17-18H,6-7,10-13H2,1-3H3,(H,25,28). The molecule has 2 unspecified atom stereocenters. The van der Waals surface area contributed by atoms with Crippen LogP contribution in [0.5, 0.6) is 0 Å². The molecule has 2 aliphatic heterocycles. The van der Waals surface area contributed by atoms with Crippen molar-refractivity contribution >= 4 is 40.4 Å². The second-order valence-corrected chi connectivity index (χ2v) is 10.4. The number of aryl methyl sites for hydroxylation is 3. The summed E-state index contributed by atoms with van der Waals surface area (Å²) in [5.74, 6) is 1.20. The summed E-state index contributed by atoms with van der Waals surface area (Å²) < 4.78 is 0. The zero-order valence-electron chi connectivity index (χ0n) is 17.7. The van der Waals surface area contributed by atoms with Gasteiger partial charge in [0, 0.05) is 59.6 Å². The summed E-state index contributed by atoms with van der Waals surface area (Å²) in [5.41, 5.74) is 2.60. The van der Waals surface area contributed by atoms with Gasteiger partial charge in [-0.05, 0) is 56.4 Å². The van der Waals surface area contributed by atoms with Crippen molar-refractivity contribution in [1.82, 2.24) is 9.80 Å². The monoisotopic (exact) mass is 445 g/mol. The molecule has 3 heterocycles. The molecule has 0 saturated carbocycles. The van der Waals surface area contributed by atoms with Crippen molar-refractivity contribution < 1.29 is 9.59 Å². The largest absolute Gasteiger partial charge is 0.338 e. The van der Waals surface area contributed by atoms with E-state index in [1.54, 1.807) is 17.4 Å². The molecule has 2 aliphatic rings. The van der Waals surface area contributed by atoms with Crippen molar-refractivity contribution in [1.29, 1.82) is 0 Å². The lowest BCUT2D eigenvalue weighted by atomic mass is 10.0. The molecular weight excluding hydrogens is 418 g/mol. The highest BCUT2D eigenvalue weighted by Crippen LogP contribution is 2.33. The lowest BCUT2D eigenvalue weighted by Gasteiger charge is -2.21. The number of carbonyl (C=O) groups is 2. The van der Waals surface area contributed by atoms with Crippen molar-refractivity contribution in [2.75, 3.05) is 38.0 Å². The van der Waals surface area contributed by atoms with Gasteiger partial charge in [0.15, 0.2) is 0 Å². The second kappa shape index (κ2) is 8.69. The number of halogens is 1. The summed E-state index contributed by atoms with van der Waals surface area (Å²) in [4.78, 5) is 31.9. The molecule has 1 aromatic heterocycles. The smallest absolute Gasteiger partial charge is 0.254 e. The number of hydrogen-bond donors (Lipinski definition) is 1. The Morgan fingerprint density at radius 1 is 1.10 bits per heavy atom. The first-order valence-corrected chi connectivity index (χ1v) is 11.6. The van der Waals surface area contributed by atoms with E-state index >= 15 is 0 Å². The maximum atomic E-state index is 12.9. The second-order valence-electron chi connectivity index (χ2n) is 8.58. The molecular formula is C23H28ClN3O2S. The predicted octanol–water partition coefficient (Wildman–Crippen LogP) is 4.36. The topological polar surface area (TPSA) is 52.7 Å². The molecule has 0 radical (unpaired) electrons. The normalized spacial score (nSPS) is 21.1. The van der Waals surface area contributed by atoms with Gasteiger partial charge < -0.3 is 15.1 Å². The fourth-order valence-electron chi connectivity index (χ4n) is 4.61. The molecule has 5 nitrogen and oxygen atoms in total. The number of hydrogen-bond acceptors (Lipinski definition) is 4. The number of amides is 2. The molecule has 1 N–H and O–H groups in total. The Morgan fingerprint density at radius 2 is 1.80 bits per heavy atom. The fraction of sp³-hybridized carbons (Fsp3) is 0.478. The van der Waals surface area contributed by atoms with Gasteiger partial charge in [0.2, 0.25) is 5.91 Å². The van der Waals surface area contributed by atoms with Gasteiger partial charge in [-0.1, -0.05) is 17.7 Å². The summed E-state index contributed by atoms with van der Waals surface area (Å²) >= 11 is 7.82. The van der Waals surface area contributed by atoms with Gasteiger partial charge in [0.05, 0.1) is 5.56 Å². The van der Waals surface area contributed by atoms with Crippen LogP contribution in [-0.4, -0.2) is 54.3 Å². The number of thiophene rings is 1. The van der Waals surface area contributed by atoms with Gasteiger partial charge in [-0.15, -0.1) is 11.3 Å². The molecule has 0 spiro atoms. The van der Waals surface area contributed by atoms with Gasteiger partial charge in [0.1, 0.15) is 0 Å². The van der Waals surface area contributed by atoms with Crippen molar-refractivity contribution in [3.63, 3.8) is 0 Å². The van der Waals surface area contributed by atoms with E-state index in [4.69, 9.17) is 11.6 Å². The van der Waals surface area contributed by atoms with Crippen LogP contribution >= 0.6 is 22.9 Å².